The number of ether oxygens (including phenoxy) is 1. The maximum Gasteiger partial charge on any atom is 0.316 e. The Kier molecular flexibility index (Phi) is 8.01. The molecule has 2 fully saturated rings. The zero-order valence-corrected chi connectivity index (χ0v) is 21.3. The number of rotatable bonds is 9. The summed E-state index contributed by atoms with van der Waals surface area (Å²) in [6.45, 7) is 1.24. The highest BCUT2D eigenvalue weighted by Gasteiger charge is 2.47. The van der Waals surface area contributed by atoms with Crippen LogP contribution in [0.3, 0.4) is 0 Å². The standard InChI is InChI=1S/C31H35N3O3/c1-2-23-21-27(36-30(35)31(18-11-3-4-12-19-31)25-15-9-6-10-16-25)26(23)17-20-32-22-28-33-29(37-34-28)24-13-7-5-8-14-24/h1,5-10,13-16,23,26-27,32H,3-4,11-12,17-22H2. The number of benzene rings is 2. The second-order valence-electron chi connectivity index (χ2n) is 10.3. The van der Waals surface area contributed by atoms with Gasteiger partial charge in [-0.05, 0) is 49.9 Å². The van der Waals surface area contributed by atoms with Gasteiger partial charge in [-0.2, -0.15) is 4.98 Å². The molecule has 1 N–H and O–H groups in total. The summed E-state index contributed by atoms with van der Waals surface area (Å²) >= 11 is 0. The van der Waals surface area contributed by atoms with Crippen LogP contribution in [0.5, 0.6) is 0 Å². The summed E-state index contributed by atoms with van der Waals surface area (Å²) in [5, 5.41) is 7.47. The van der Waals surface area contributed by atoms with E-state index in [0.717, 1.165) is 56.2 Å². The lowest BCUT2D eigenvalue weighted by atomic mass is 9.69. The van der Waals surface area contributed by atoms with Crippen LogP contribution >= 0.6 is 0 Å². The summed E-state index contributed by atoms with van der Waals surface area (Å²) in [6.07, 6.45) is 13.4. The van der Waals surface area contributed by atoms with Crippen LogP contribution in [0.15, 0.2) is 65.2 Å². The molecule has 192 valence electrons. The first-order valence-electron chi connectivity index (χ1n) is 13.5. The van der Waals surface area contributed by atoms with Crippen molar-refractivity contribution >= 4 is 5.97 Å². The molecule has 2 saturated carbocycles. The average molecular weight is 498 g/mol. The van der Waals surface area contributed by atoms with Crippen molar-refractivity contribution in [2.45, 2.75) is 69.4 Å². The Morgan fingerprint density at radius 2 is 1.76 bits per heavy atom. The van der Waals surface area contributed by atoms with Gasteiger partial charge < -0.3 is 14.6 Å². The van der Waals surface area contributed by atoms with E-state index < -0.39 is 5.41 Å². The Bertz CT molecular complexity index is 1190. The van der Waals surface area contributed by atoms with Gasteiger partial charge in [0.1, 0.15) is 6.10 Å². The molecule has 5 rings (SSSR count). The van der Waals surface area contributed by atoms with Gasteiger partial charge in [0.05, 0.1) is 12.0 Å². The highest BCUT2D eigenvalue weighted by Crippen LogP contribution is 2.44. The summed E-state index contributed by atoms with van der Waals surface area (Å²) in [6, 6.07) is 19.9. The quantitative estimate of drug-likeness (QED) is 0.177. The minimum absolute atomic E-state index is 0.0701. The first kappa shape index (κ1) is 25.2. The molecule has 3 atom stereocenters. The predicted molar refractivity (Wildman–Crippen MR) is 142 cm³/mol. The zero-order valence-electron chi connectivity index (χ0n) is 21.3. The van der Waals surface area contributed by atoms with Crippen LogP contribution in [0.25, 0.3) is 11.5 Å². The van der Waals surface area contributed by atoms with Crippen molar-refractivity contribution in [2.75, 3.05) is 6.54 Å². The Balaban J connectivity index is 1.17. The molecule has 1 heterocycles. The van der Waals surface area contributed by atoms with Crippen molar-refractivity contribution in [1.82, 2.24) is 15.5 Å². The molecule has 0 bridgehead atoms. The fourth-order valence-electron chi connectivity index (χ4n) is 5.82. The molecule has 0 saturated heterocycles. The number of terminal acetylenes is 1. The molecule has 6 nitrogen and oxygen atoms in total. The molecule has 6 heteroatoms. The number of hydrogen-bond donors (Lipinski definition) is 1. The van der Waals surface area contributed by atoms with Crippen LogP contribution in [0, 0.1) is 24.2 Å². The van der Waals surface area contributed by atoms with Crippen molar-refractivity contribution in [1.29, 1.82) is 0 Å². The fourth-order valence-corrected chi connectivity index (χ4v) is 5.82. The minimum Gasteiger partial charge on any atom is -0.461 e. The van der Waals surface area contributed by atoms with E-state index in [2.05, 4.69) is 33.5 Å². The Hall–Kier alpha value is -3.43. The first-order valence-corrected chi connectivity index (χ1v) is 13.5. The Morgan fingerprint density at radius 3 is 2.46 bits per heavy atom. The first-order chi connectivity index (χ1) is 18.2. The number of aromatic nitrogens is 2. The lowest BCUT2D eigenvalue weighted by molar-refractivity contribution is -0.169. The molecule has 3 aromatic rings. The van der Waals surface area contributed by atoms with Crippen LogP contribution in [0.1, 0.15) is 62.8 Å². The Labute approximate surface area is 219 Å². The van der Waals surface area contributed by atoms with Crippen LogP contribution in [-0.4, -0.2) is 28.8 Å². The molecule has 0 amide bonds. The van der Waals surface area contributed by atoms with Crippen molar-refractivity contribution in [3.8, 4) is 23.8 Å². The van der Waals surface area contributed by atoms with Crippen LogP contribution < -0.4 is 5.32 Å². The third-order valence-electron chi connectivity index (χ3n) is 8.05. The van der Waals surface area contributed by atoms with Gasteiger partial charge in [0.15, 0.2) is 5.82 Å². The summed E-state index contributed by atoms with van der Waals surface area (Å²) in [7, 11) is 0. The van der Waals surface area contributed by atoms with Gasteiger partial charge in [0.2, 0.25) is 0 Å². The van der Waals surface area contributed by atoms with E-state index in [0.29, 0.717) is 18.3 Å². The molecule has 3 unspecified atom stereocenters. The van der Waals surface area contributed by atoms with Gasteiger partial charge in [0.25, 0.3) is 5.89 Å². The topological polar surface area (TPSA) is 77.2 Å². The molecule has 2 aliphatic carbocycles. The third-order valence-corrected chi connectivity index (χ3v) is 8.05. The fraction of sp³-hybridized carbons (Fsp3) is 0.452. The molecular formula is C31H35N3O3. The molecule has 0 radical (unpaired) electrons. The smallest absolute Gasteiger partial charge is 0.316 e. The van der Waals surface area contributed by atoms with Crippen LogP contribution in [-0.2, 0) is 21.5 Å². The monoisotopic (exact) mass is 497 g/mol. The largest absolute Gasteiger partial charge is 0.461 e. The molecule has 0 spiro atoms. The molecule has 2 aliphatic rings. The molecule has 2 aromatic carbocycles. The van der Waals surface area contributed by atoms with E-state index in [-0.39, 0.29) is 23.9 Å². The van der Waals surface area contributed by atoms with E-state index in [9.17, 15) is 4.79 Å². The maximum absolute atomic E-state index is 13.7. The summed E-state index contributed by atoms with van der Waals surface area (Å²) in [5.41, 5.74) is 1.44. The number of hydrogen-bond acceptors (Lipinski definition) is 6. The van der Waals surface area contributed by atoms with E-state index in [1.54, 1.807) is 0 Å². The SMILES string of the molecule is C#CC1CC(OC(=O)C2(c3ccccc3)CCCCCC2)C1CCNCc1noc(-c2ccccc2)n1. The number of carbonyl (C=O) groups is 1. The lowest BCUT2D eigenvalue weighted by Crippen LogP contribution is -2.48. The van der Waals surface area contributed by atoms with Crippen molar-refractivity contribution in [3.05, 3.63) is 72.1 Å². The normalized spacial score (nSPS) is 22.8. The molecule has 0 aliphatic heterocycles. The van der Waals surface area contributed by atoms with Crippen molar-refractivity contribution < 1.29 is 14.1 Å². The maximum atomic E-state index is 13.7. The van der Waals surface area contributed by atoms with E-state index in [1.807, 2.05) is 48.5 Å². The van der Waals surface area contributed by atoms with Crippen LogP contribution in [0.4, 0.5) is 0 Å². The van der Waals surface area contributed by atoms with E-state index in [4.69, 9.17) is 15.7 Å². The predicted octanol–water partition coefficient (Wildman–Crippen LogP) is 5.69. The average Bonchev–Trinajstić information content (AvgIpc) is 3.26. The highest BCUT2D eigenvalue weighted by molar-refractivity contribution is 5.83. The zero-order chi connectivity index (χ0) is 25.5. The van der Waals surface area contributed by atoms with Crippen molar-refractivity contribution in [2.24, 2.45) is 11.8 Å². The molecular weight excluding hydrogens is 462 g/mol. The van der Waals surface area contributed by atoms with Gasteiger partial charge in [-0.15, -0.1) is 12.3 Å². The molecule has 37 heavy (non-hydrogen) atoms. The number of carbonyl (C=O) groups excluding carboxylic acids is 1. The van der Waals surface area contributed by atoms with Gasteiger partial charge in [-0.1, -0.05) is 79.4 Å². The molecule has 1 aromatic heterocycles. The van der Waals surface area contributed by atoms with Gasteiger partial charge in [-0.25, -0.2) is 0 Å². The highest BCUT2D eigenvalue weighted by atomic mass is 16.5. The summed E-state index contributed by atoms with van der Waals surface area (Å²) in [4.78, 5) is 18.2. The lowest BCUT2D eigenvalue weighted by Gasteiger charge is -2.43. The van der Waals surface area contributed by atoms with Crippen molar-refractivity contribution in [3.63, 3.8) is 0 Å². The number of esters is 1. The number of nitrogens with zero attached hydrogens (tertiary/aromatic N) is 2. The number of nitrogens with one attached hydrogen (secondary N) is 1. The van der Waals surface area contributed by atoms with Gasteiger partial charge in [0, 0.05) is 17.4 Å². The second-order valence-corrected chi connectivity index (χ2v) is 10.3. The minimum atomic E-state index is -0.545. The second kappa shape index (κ2) is 11.7. The Morgan fingerprint density at radius 1 is 1.05 bits per heavy atom. The summed E-state index contributed by atoms with van der Waals surface area (Å²) < 4.78 is 11.6. The van der Waals surface area contributed by atoms with Gasteiger partial charge in [-0.3, -0.25) is 4.79 Å². The summed E-state index contributed by atoms with van der Waals surface area (Å²) in [5.74, 6) is 4.26. The van der Waals surface area contributed by atoms with E-state index in [1.165, 1.54) is 12.8 Å². The van der Waals surface area contributed by atoms with Crippen LogP contribution in [0.2, 0.25) is 0 Å². The van der Waals surface area contributed by atoms with Gasteiger partial charge >= 0.3 is 5.97 Å². The van der Waals surface area contributed by atoms with E-state index >= 15 is 0 Å². The third kappa shape index (κ3) is 5.62.